The van der Waals surface area contributed by atoms with Crippen LogP contribution in [-0.4, -0.2) is 40.2 Å². The molecule has 0 unspecified atom stereocenters. The maximum Gasteiger partial charge on any atom is 0.329 e. The van der Waals surface area contributed by atoms with Gasteiger partial charge in [-0.05, 0) is 30.5 Å². The zero-order valence-electron chi connectivity index (χ0n) is 13.8. The Kier molecular flexibility index (Phi) is 6.94. The number of hydrogen-bond acceptors (Lipinski definition) is 3. The zero-order chi connectivity index (χ0) is 17.5. The van der Waals surface area contributed by atoms with Crippen molar-refractivity contribution in [2.45, 2.75) is 26.7 Å². The van der Waals surface area contributed by atoms with E-state index in [1.54, 1.807) is 23.4 Å². The number of hydrogen-bond donors (Lipinski definition) is 0. The topological polar surface area (TPSA) is 47.4 Å². The molecule has 0 N–H and O–H groups in total. The second-order valence-corrected chi connectivity index (χ2v) is 6.16. The van der Waals surface area contributed by atoms with Crippen molar-refractivity contribution < 1.29 is 9.53 Å². The van der Waals surface area contributed by atoms with Gasteiger partial charge < -0.3 is 9.64 Å². The maximum absolute atomic E-state index is 12.4. The summed E-state index contributed by atoms with van der Waals surface area (Å²) < 4.78 is 7.31. The highest BCUT2D eigenvalue weighted by Crippen LogP contribution is 2.32. The number of aromatic nitrogens is 2. The molecule has 2 rings (SSSR count). The molecule has 5 nitrogen and oxygen atoms in total. The van der Waals surface area contributed by atoms with E-state index in [9.17, 15) is 4.79 Å². The summed E-state index contributed by atoms with van der Waals surface area (Å²) in [5.74, 6) is 0.634. The van der Waals surface area contributed by atoms with Gasteiger partial charge in [-0.3, -0.25) is 4.57 Å². The highest BCUT2D eigenvalue weighted by molar-refractivity contribution is 6.35. The Morgan fingerprint density at radius 1 is 1.29 bits per heavy atom. The van der Waals surface area contributed by atoms with E-state index in [1.165, 1.54) is 10.9 Å². The van der Waals surface area contributed by atoms with Gasteiger partial charge in [-0.1, -0.05) is 37.0 Å². The van der Waals surface area contributed by atoms with Crippen molar-refractivity contribution in [3.8, 4) is 5.75 Å². The van der Waals surface area contributed by atoms with Crippen molar-refractivity contribution in [1.29, 1.82) is 0 Å². The first-order valence-corrected chi connectivity index (χ1v) is 8.70. The molecule has 0 saturated heterocycles. The van der Waals surface area contributed by atoms with Crippen LogP contribution in [0, 0.1) is 0 Å². The van der Waals surface area contributed by atoms with Crippen LogP contribution in [0.25, 0.3) is 0 Å². The minimum Gasteiger partial charge on any atom is -0.490 e. The first kappa shape index (κ1) is 18.6. The van der Waals surface area contributed by atoms with Crippen LogP contribution in [0.3, 0.4) is 0 Å². The Bertz CT molecular complexity index is 675. The lowest BCUT2D eigenvalue weighted by atomic mass is 10.1. The molecule has 24 heavy (non-hydrogen) atoms. The SMILES string of the molecule is CCCN(CCOc1c(Cl)cc(Cl)cc1CC)C(=O)n1ccnc1. The van der Waals surface area contributed by atoms with Crippen LogP contribution in [0.15, 0.2) is 30.9 Å². The Morgan fingerprint density at radius 2 is 2.08 bits per heavy atom. The van der Waals surface area contributed by atoms with E-state index < -0.39 is 0 Å². The van der Waals surface area contributed by atoms with Crippen LogP contribution in [-0.2, 0) is 6.42 Å². The molecule has 0 aliphatic carbocycles. The molecular weight excluding hydrogens is 349 g/mol. The number of imidazole rings is 1. The quantitative estimate of drug-likeness (QED) is 0.720. The molecule has 1 amide bonds. The van der Waals surface area contributed by atoms with Gasteiger partial charge >= 0.3 is 6.03 Å². The van der Waals surface area contributed by atoms with Crippen LogP contribution in [0.1, 0.15) is 25.8 Å². The second kappa shape index (κ2) is 8.94. The first-order valence-electron chi connectivity index (χ1n) is 7.94. The number of benzene rings is 1. The van der Waals surface area contributed by atoms with Gasteiger partial charge in [-0.25, -0.2) is 9.78 Å². The molecule has 130 valence electrons. The van der Waals surface area contributed by atoms with Crippen molar-refractivity contribution in [2.24, 2.45) is 0 Å². The predicted octanol–water partition coefficient (Wildman–Crippen LogP) is 4.51. The Hall–Kier alpha value is -1.72. The number of carbonyl (C=O) groups is 1. The van der Waals surface area contributed by atoms with Crippen molar-refractivity contribution >= 4 is 29.2 Å². The lowest BCUT2D eigenvalue weighted by Crippen LogP contribution is -2.37. The predicted molar refractivity (Wildman–Crippen MR) is 96.2 cm³/mol. The molecule has 0 aliphatic heterocycles. The summed E-state index contributed by atoms with van der Waals surface area (Å²) in [7, 11) is 0. The summed E-state index contributed by atoms with van der Waals surface area (Å²) >= 11 is 12.3. The average Bonchev–Trinajstić information content (AvgIpc) is 3.09. The molecule has 0 aliphatic rings. The van der Waals surface area contributed by atoms with E-state index in [2.05, 4.69) is 4.98 Å². The molecular formula is C17H21Cl2N3O2. The van der Waals surface area contributed by atoms with E-state index >= 15 is 0 Å². The number of ether oxygens (including phenoxy) is 1. The van der Waals surface area contributed by atoms with E-state index in [0.717, 1.165) is 18.4 Å². The molecule has 1 aromatic heterocycles. The third-order valence-electron chi connectivity index (χ3n) is 3.56. The first-order chi connectivity index (χ1) is 11.6. The molecule has 0 radical (unpaired) electrons. The summed E-state index contributed by atoms with van der Waals surface area (Å²) in [6, 6.07) is 3.40. The summed E-state index contributed by atoms with van der Waals surface area (Å²) in [5, 5.41) is 1.08. The molecule has 0 spiro atoms. The van der Waals surface area contributed by atoms with Gasteiger partial charge in [0.05, 0.1) is 11.6 Å². The number of halogens is 2. The fourth-order valence-corrected chi connectivity index (χ4v) is 2.99. The molecule has 7 heteroatoms. The second-order valence-electron chi connectivity index (χ2n) is 5.32. The average molecular weight is 370 g/mol. The lowest BCUT2D eigenvalue weighted by Gasteiger charge is -2.22. The third-order valence-corrected chi connectivity index (χ3v) is 4.06. The van der Waals surface area contributed by atoms with Gasteiger partial charge in [0, 0.05) is 24.0 Å². The fraction of sp³-hybridized carbons (Fsp3) is 0.412. The van der Waals surface area contributed by atoms with Gasteiger partial charge in [-0.15, -0.1) is 0 Å². The maximum atomic E-state index is 12.4. The summed E-state index contributed by atoms with van der Waals surface area (Å²) in [6.07, 6.45) is 6.35. The third kappa shape index (κ3) is 4.65. The monoisotopic (exact) mass is 369 g/mol. The van der Waals surface area contributed by atoms with Gasteiger partial charge in [0.2, 0.25) is 0 Å². The van der Waals surface area contributed by atoms with Crippen molar-refractivity contribution in [2.75, 3.05) is 19.7 Å². The van der Waals surface area contributed by atoms with Crippen LogP contribution in [0.4, 0.5) is 4.79 Å². The number of carbonyl (C=O) groups excluding carboxylic acids is 1. The van der Waals surface area contributed by atoms with Gasteiger partial charge in [-0.2, -0.15) is 0 Å². The number of amides is 1. The fourth-order valence-electron chi connectivity index (χ4n) is 2.40. The van der Waals surface area contributed by atoms with Gasteiger partial charge in [0.1, 0.15) is 18.7 Å². The molecule has 2 aromatic rings. The molecule has 0 atom stereocenters. The van der Waals surface area contributed by atoms with E-state index in [4.69, 9.17) is 27.9 Å². The minimum absolute atomic E-state index is 0.115. The molecule has 1 aromatic carbocycles. The van der Waals surface area contributed by atoms with E-state index in [0.29, 0.717) is 35.5 Å². The van der Waals surface area contributed by atoms with Crippen molar-refractivity contribution in [3.05, 3.63) is 46.5 Å². The number of aryl methyl sites for hydroxylation is 1. The minimum atomic E-state index is -0.115. The lowest BCUT2D eigenvalue weighted by molar-refractivity contribution is 0.183. The standard InChI is InChI=1S/C17H21Cl2N3O2/c1-3-6-21(17(23)22-7-5-20-12-22)8-9-24-16-13(4-2)10-14(18)11-15(16)19/h5,7,10-12H,3-4,6,8-9H2,1-2H3. The van der Waals surface area contributed by atoms with Gasteiger partial charge in [0.25, 0.3) is 0 Å². The van der Waals surface area contributed by atoms with Crippen LogP contribution in [0.5, 0.6) is 5.75 Å². The largest absolute Gasteiger partial charge is 0.490 e. The molecule has 0 bridgehead atoms. The van der Waals surface area contributed by atoms with Crippen LogP contribution >= 0.6 is 23.2 Å². The molecule has 1 heterocycles. The van der Waals surface area contributed by atoms with Crippen molar-refractivity contribution in [3.63, 3.8) is 0 Å². The van der Waals surface area contributed by atoms with Crippen LogP contribution < -0.4 is 4.74 Å². The number of rotatable bonds is 7. The normalized spacial score (nSPS) is 10.7. The Labute approximate surface area is 152 Å². The van der Waals surface area contributed by atoms with E-state index in [1.807, 2.05) is 19.9 Å². The van der Waals surface area contributed by atoms with Gasteiger partial charge in [0.15, 0.2) is 0 Å². The highest BCUT2D eigenvalue weighted by Gasteiger charge is 2.15. The van der Waals surface area contributed by atoms with Crippen molar-refractivity contribution in [1.82, 2.24) is 14.5 Å². The summed E-state index contributed by atoms with van der Waals surface area (Å²) in [5.41, 5.74) is 0.954. The summed E-state index contributed by atoms with van der Waals surface area (Å²) in [4.78, 5) is 18.1. The molecule has 0 fully saturated rings. The molecule has 0 saturated carbocycles. The Balaban J connectivity index is 2.02. The zero-order valence-corrected chi connectivity index (χ0v) is 15.3. The van der Waals surface area contributed by atoms with E-state index in [-0.39, 0.29) is 6.03 Å². The summed E-state index contributed by atoms with van der Waals surface area (Å²) in [6.45, 7) is 5.51. The van der Waals surface area contributed by atoms with Crippen LogP contribution in [0.2, 0.25) is 10.0 Å². The Morgan fingerprint density at radius 3 is 2.71 bits per heavy atom. The highest BCUT2D eigenvalue weighted by atomic mass is 35.5. The smallest absolute Gasteiger partial charge is 0.329 e. The number of nitrogens with zero attached hydrogens (tertiary/aromatic N) is 3.